The van der Waals surface area contributed by atoms with Crippen LogP contribution in [-0.2, 0) is 0 Å². The van der Waals surface area contributed by atoms with E-state index in [1.54, 1.807) is 0 Å². The van der Waals surface area contributed by atoms with E-state index in [1.807, 2.05) is 17.9 Å². The van der Waals surface area contributed by atoms with Gasteiger partial charge < -0.3 is 10.0 Å². The smallest absolute Gasteiger partial charge is 0.255 e. The molecule has 2 heterocycles. The van der Waals surface area contributed by atoms with E-state index in [2.05, 4.69) is 31.9 Å². The van der Waals surface area contributed by atoms with E-state index in [1.165, 1.54) is 11.3 Å². The summed E-state index contributed by atoms with van der Waals surface area (Å²) in [5.74, 6) is 0.186. The molecule has 0 spiro atoms. The Balaban J connectivity index is 2.13. The van der Waals surface area contributed by atoms with Crippen LogP contribution in [0.3, 0.4) is 0 Å². The van der Waals surface area contributed by atoms with E-state index in [9.17, 15) is 9.90 Å². The van der Waals surface area contributed by atoms with Crippen LogP contribution in [0.25, 0.3) is 0 Å². The number of aliphatic hydroxyl groups is 1. The third-order valence-electron chi connectivity index (χ3n) is 3.03. The summed E-state index contributed by atoms with van der Waals surface area (Å²) in [6.07, 6.45) is 0.382. The highest BCUT2D eigenvalue weighted by Gasteiger charge is 2.29. The molecule has 1 aromatic heterocycles. The maximum atomic E-state index is 12.3. The van der Waals surface area contributed by atoms with Crippen LogP contribution in [0.1, 0.15) is 23.7 Å². The second kappa shape index (κ2) is 5.38. The molecular weight excluding hydrogens is 370 g/mol. The van der Waals surface area contributed by atoms with Crippen molar-refractivity contribution in [3.05, 3.63) is 19.2 Å². The van der Waals surface area contributed by atoms with Crippen LogP contribution in [0.5, 0.6) is 0 Å². The number of halogens is 2. The monoisotopic (exact) mass is 381 g/mol. The van der Waals surface area contributed by atoms with Gasteiger partial charge in [-0.05, 0) is 50.3 Å². The highest BCUT2D eigenvalue weighted by Crippen LogP contribution is 2.33. The lowest BCUT2D eigenvalue weighted by Crippen LogP contribution is -2.44. The van der Waals surface area contributed by atoms with E-state index in [0.717, 1.165) is 7.57 Å². The van der Waals surface area contributed by atoms with Gasteiger partial charge in [-0.3, -0.25) is 4.79 Å². The molecule has 0 saturated carbocycles. The highest BCUT2D eigenvalue weighted by atomic mass is 79.9. The molecule has 2 rings (SSSR count). The largest absolute Gasteiger partial charge is 0.393 e. The van der Waals surface area contributed by atoms with Crippen molar-refractivity contribution in [2.24, 2.45) is 5.92 Å². The molecule has 6 heteroatoms. The molecule has 1 N–H and O–H groups in total. The van der Waals surface area contributed by atoms with E-state index >= 15 is 0 Å². The Morgan fingerprint density at radius 2 is 2.29 bits per heavy atom. The number of likely N-dealkylation sites (tertiary alicyclic amines) is 1. The molecule has 1 aromatic rings. The maximum absolute atomic E-state index is 12.3. The molecule has 2 unspecified atom stereocenters. The highest BCUT2D eigenvalue weighted by molar-refractivity contribution is 9.12. The fourth-order valence-corrected chi connectivity index (χ4v) is 4.75. The molecule has 0 aliphatic carbocycles. The Kier molecular flexibility index (Phi) is 4.28. The van der Waals surface area contributed by atoms with E-state index in [4.69, 9.17) is 0 Å². The van der Waals surface area contributed by atoms with Crippen LogP contribution in [0.2, 0.25) is 0 Å². The van der Waals surface area contributed by atoms with Crippen LogP contribution in [0.15, 0.2) is 13.6 Å². The number of carbonyl (C=O) groups excluding carboxylic acids is 1. The average Bonchev–Trinajstić information content (AvgIpc) is 2.61. The van der Waals surface area contributed by atoms with Gasteiger partial charge in [0.15, 0.2) is 0 Å². The number of carbonyl (C=O) groups is 1. The van der Waals surface area contributed by atoms with Gasteiger partial charge in [0.25, 0.3) is 5.91 Å². The molecule has 94 valence electrons. The van der Waals surface area contributed by atoms with E-state index in [0.29, 0.717) is 25.1 Å². The first kappa shape index (κ1) is 13.5. The van der Waals surface area contributed by atoms with Crippen molar-refractivity contribution >= 4 is 49.1 Å². The molecule has 1 fully saturated rings. The molecule has 1 saturated heterocycles. The number of hydrogen-bond acceptors (Lipinski definition) is 3. The van der Waals surface area contributed by atoms with Gasteiger partial charge in [0.05, 0.1) is 19.2 Å². The zero-order valence-corrected chi connectivity index (χ0v) is 13.3. The second-order valence-electron chi connectivity index (χ2n) is 4.32. The van der Waals surface area contributed by atoms with Gasteiger partial charge in [0.1, 0.15) is 0 Å². The first-order valence-corrected chi connectivity index (χ1v) is 7.81. The van der Waals surface area contributed by atoms with Crippen molar-refractivity contribution in [1.29, 1.82) is 0 Å². The predicted octanol–water partition coefficient (Wildman–Crippen LogP) is 3.12. The zero-order valence-electron chi connectivity index (χ0n) is 9.32. The fraction of sp³-hybridized carbons (Fsp3) is 0.545. The summed E-state index contributed by atoms with van der Waals surface area (Å²) in [5, 5.41) is 9.65. The SMILES string of the molecule is CC1CN(C(=O)c2cc(Br)sc2Br)CCC1O. The van der Waals surface area contributed by atoms with Gasteiger partial charge in [-0.25, -0.2) is 0 Å². The zero-order chi connectivity index (χ0) is 12.6. The van der Waals surface area contributed by atoms with Crippen molar-refractivity contribution in [1.82, 2.24) is 4.90 Å². The van der Waals surface area contributed by atoms with Crippen LogP contribution < -0.4 is 0 Å². The van der Waals surface area contributed by atoms with Gasteiger partial charge in [0.2, 0.25) is 0 Å². The van der Waals surface area contributed by atoms with Gasteiger partial charge in [0, 0.05) is 13.1 Å². The molecular formula is C11H13Br2NO2S. The Morgan fingerprint density at radius 1 is 1.59 bits per heavy atom. The Bertz CT molecular complexity index is 435. The minimum absolute atomic E-state index is 0.0394. The molecule has 0 aromatic carbocycles. The van der Waals surface area contributed by atoms with Gasteiger partial charge in [-0.15, -0.1) is 11.3 Å². The van der Waals surface area contributed by atoms with Crippen molar-refractivity contribution in [3.63, 3.8) is 0 Å². The number of thiophene rings is 1. The van der Waals surface area contributed by atoms with Gasteiger partial charge >= 0.3 is 0 Å². The Morgan fingerprint density at radius 3 is 2.82 bits per heavy atom. The normalized spacial score (nSPS) is 25.1. The number of piperidine rings is 1. The van der Waals surface area contributed by atoms with Crippen LogP contribution >= 0.6 is 43.2 Å². The summed E-state index contributed by atoms with van der Waals surface area (Å²) in [4.78, 5) is 14.1. The second-order valence-corrected chi connectivity index (χ2v) is 8.07. The number of hydrogen-bond donors (Lipinski definition) is 1. The lowest BCUT2D eigenvalue weighted by atomic mass is 9.96. The third kappa shape index (κ3) is 2.92. The summed E-state index contributed by atoms with van der Waals surface area (Å²) in [6.45, 7) is 3.23. The summed E-state index contributed by atoms with van der Waals surface area (Å²) in [6, 6.07) is 1.84. The van der Waals surface area contributed by atoms with Crippen LogP contribution in [-0.4, -0.2) is 35.1 Å². The summed E-state index contributed by atoms with van der Waals surface area (Å²) in [7, 11) is 0. The molecule has 1 aliphatic heterocycles. The lowest BCUT2D eigenvalue weighted by Gasteiger charge is -2.34. The first-order chi connectivity index (χ1) is 7.99. The Hall–Kier alpha value is 0.0900. The van der Waals surface area contributed by atoms with Gasteiger partial charge in [-0.2, -0.15) is 0 Å². The minimum atomic E-state index is -0.281. The van der Waals surface area contributed by atoms with Crippen LogP contribution in [0, 0.1) is 5.92 Å². The molecule has 0 radical (unpaired) electrons. The summed E-state index contributed by atoms with van der Waals surface area (Å²) >= 11 is 8.28. The number of nitrogens with zero attached hydrogens (tertiary/aromatic N) is 1. The molecule has 3 nitrogen and oxygen atoms in total. The topological polar surface area (TPSA) is 40.5 Å². The summed E-state index contributed by atoms with van der Waals surface area (Å²) in [5.41, 5.74) is 0.700. The maximum Gasteiger partial charge on any atom is 0.255 e. The molecule has 2 atom stereocenters. The van der Waals surface area contributed by atoms with E-state index < -0.39 is 0 Å². The Labute approximate surface area is 121 Å². The first-order valence-electron chi connectivity index (χ1n) is 5.41. The molecule has 1 aliphatic rings. The average molecular weight is 383 g/mol. The van der Waals surface area contributed by atoms with Crippen molar-refractivity contribution in [2.75, 3.05) is 13.1 Å². The minimum Gasteiger partial charge on any atom is -0.393 e. The van der Waals surface area contributed by atoms with Crippen molar-refractivity contribution in [3.8, 4) is 0 Å². The third-order valence-corrected chi connectivity index (χ3v) is 5.37. The number of rotatable bonds is 1. The standard InChI is InChI=1S/C11H13Br2NO2S/c1-6-5-14(3-2-8(6)15)11(16)7-4-9(12)17-10(7)13/h4,6,8,15H,2-3,5H2,1H3. The predicted molar refractivity (Wildman–Crippen MR) is 75.4 cm³/mol. The molecule has 0 bridgehead atoms. The molecule has 1 amide bonds. The van der Waals surface area contributed by atoms with Crippen LogP contribution in [0.4, 0.5) is 0 Å². The lowest BCUT2D eigenvalue weighted by molar-refractivity contribution is 0.0297. The fourth-order valence-electron chi connectivity index (χ4n) is 1.97. The van der Waals surface area contributed by atoms with Crippen molar-refractivity contribution in [2.45, 2.75) is 19.4 Å². The number of amides is 1. The summed E-state index contributed by atoms with van der Waals surface area (Å²) < 4.78 is 1.80. The van der Waals surface area contributed by atoms with Gasteiger partial charge in [-0.1, -0.05) is 6.92 Å². The quantitative estimate of drug-likeness (QED) is 0.810. The molecule has 17 heavy (non-hydrogen) atoms. The number of aliphatic hydroxyl groups excluding tert-OH is 1. The van der Waals surface area contributed by atoms with Crippen molar-refractivity contribution < 1.29 is 9.90 Å². The van der Waals surface area contributed by atoms with E-state index in [-0.39, 0.29) is 17.9 Å².